The Morgan fingerprint density at radius 3 is 2.73 bits per heavy atom. The van der Waals surface area contributed by atoms with Crippen molar-refractivity contribution < 1.29 is 9.59 Å². The largest absolute Gasteiger partial charge is 0.355 e. The highest BCUT2D eigenvalue weighted by Gasteiger charge is 2.15. The minimum atomic E-state index is -0.250. The summed E-state index contributed by atoms with van der Waals surface area (Å²) in [5, 5.41) is 8.32. The molecule has 22 heavy (non-hydrogen) atoms. The molecule has 0 unspecified atom stereocenters. The smallest absolute Gasteiger partial charge is 0.315 e. The van der Waals surface area contributed by atoms with Crippen molar-refractivity contribution in [1.82, 2.24) is 25.5 Å². The van der Waals surface area contributed by atoms with Crippen LogP contribution in [0.5, 0.6) is 0 Å². The van der Waals surface area contributed by atoms with Gasteiger partial charge in [0.1, 0.15) is 0 Å². The molecule has 1 fully saturated rings. The van der Waals surface area contributed by atoms with Crippen LogP contribution in [-0.2, 0) is 11.3 Å². The van der Waals surface area contributed by atoms with Gasteiger partial charge in [0.05, 0.1) is 12.9 Å². The molecule has 0 radical (unpaired) electrons. The van der Waals surface area contributed by atoms with Crippen LogP contribution in [0, 0.1) is 0 Å². The van der Waals surface area contributed by atoms with Crippen molar-refractivity contribution in [2.45, 2.75) is 51.1 Å². The van der Waals surface area contributed by atoms with Gasteiger partial charge in [-0.15, -0.1) is 0 Å². The zero-order valence-corrected chi connectivity index (χ0v) is 12.9. The molecule has 0 bridgehead atoms. The number of nitrogens with one attached hydrogen (secondary N) is 3. The fraction of sp³-hybridized carbons (Fsp3) is 0.667. The predicted octanol–water partition coefficient (Wildman–Crippen LogP) is 1.02. The Kier molecular flexibility index (Phi) is 6.73. The van der Waals surface area contributed by atoms with Crippen LogP contribution in [0.2, 0.25) is 0 Å². The second-order valence-electron chi connectivity index (χ2n) is 5.67. The first-order chi connectivity index (χ1) is 10.7. The average molecular weight is 307 g/mol. The van der Waals surface area contributed by atoms with Crippen molar-refractivity contribution in [2.75, 3.05) is 13.1 Å². The van der Waals surface area contributed by atoms with E-state index in [1.165, 1.54) is 19.3 Å². The van der Waals surface area contributed by atoms with Gasteiger partial charge in [0, 0.05) is 31.5 Å². The molecular weight excluding hydrogens is 282 g/mol. The third-order valence-corrected chi connectivity index (χ3v) is 3.82. The molecule has 0 saturated heterocycles. The number of hydrogen-bond donors (Lipinski definition) is 3. The number of aromatic nitrogens is 2. The van der Waals surface area contributed by atoms with Gasteiger partial charge in [0.15, 0.2) is 0 Å². The van der Waals surface area contributed by atoms with E-state index < -0.39 is 0 Å². The lowest BCUT2D eigenvalue weighted by Crippen LogP contribution is -2.46. The van der Waals surface area contributed by atoms with Gasteiger partial charge < -0.3 is 20.5 Å². The lowest BCUT2D eigenvalue weighted by Gasteiger charge is -2.22. The van der Waals surface area contributed by atoms with Crippen molar-refractivity contribution in [3.8, 4) is 0 Å². The van der Waals surface area contributed by atoms with E-state index >= 15 is 0 Å². The van der Waals surface area contributed by atoms with E-state index in [9.17, 15) is 9.59 Å². The molecule has 1 aliphatic rings. The highest BCUT2D eigenvalue weighted by atomic mass is 16.2. The number of aryl methyl sites for hydroxylation is 1. The molecule has 0 aliphatic heterocycles. The van der Waals surface area contributed by atoms with E-state index in [2.05, 4.69) is 20.9 Å². The van der Waals surface area contributed by atoms with E-state index in [1.54, 1.807) is 12.5 Å². The molecule has 1 aliphatic carbocycles. The Balaban J connectivity index is 1.50. The van der Waals surface area contributed by atoms with Gasteiger partial charge in [-0.1, -0.05) is 19.3 Å². The molecule has 7 heteroatoms. The minimum Gasteiger partial charge on any atom is -0.355 e. The molecule has 1 saturated carbocycles. The van der Waals surface area contributed by atoms with Crippen LogP contribution >= 0.6 is 0 Å². The molecule has 1 heterocycles. The van der Waals surface area contributed by atoms with E-state index in [1.807, 2.05) is 10.8 Å². The van der Waals surface area contributed by atoms with Gasteiger partial charge in [-0.3, -0.25) is 4.79 Å². The van der Waals surface area contributed by atoms with Crippen LogP contribution < -0.4 is 16.0 Å². The summed E-state index contributed by atoms with van der Waals surface area (Å²) in [7, 11) is 0. The van der Waals surface area contributed by atoms with Crippen LogP contribution in [0.15, 0.2) is 18.7 Å². The third-order valence-electron chi connectivity index (χ3n) is 3.82. The standard InChI is InChI=1S/C15H25N5O2/c21-14(17-7-4-9-20-10-8-16-12-20)11-18-15(22)19-13-5-2-1-3-6-13/h8,10,12-13H,1-7,9,11H2,(H,17,21)(H2,18,19,22). The molecule has 3 N–H and O–H groups in total. The van der Waals surface area contributed by atoms with Crippen LogP contribution in [0.4, 0.5) is 4.79 Å². The first kappa shape index (κ1) is 16.3. The molecule has 0 aromatic carbocycles. The highest BCUT2D eigenvalue weighted by molar-refractivity contribution is 5.83. The average Bonchev–Trinajstić information content (AvgIpc) is 3.04. The lowest BCUT2D eigenvalue weighted by atomic mass is 9.96. The second-order valence-corrected chi connectivity index (χ2v) is 5.67. The topological polar surface area (TPSA) is 88.0 Å². The summed E-state index contributed by atoms with van der Waals surface area (Å²) in [6, 6.07) is 0.00690. The summed E-state index contributed by atoms with van der Waals surface area (Å²) in [4.78, 5) is 27.3. The minimum absolute atomic E-state index is 0.0175. The van der Waals surface area contributed by atoms with E-state index in [4.69, 9.17) is 0 Å². The van der Waals surface area contributed by atoms with E-state index in [0.29, 0.717) is 6.54 Å². The molecule has 7 nitrogen and oxygen atoms in total. The number of urea groups is 1. The molecule has 1 aromatic heterocycles. The van der Waals surface area contributed by atoms with Crippen molar-refractivity contribution in [1.29, 1.82) is 0 Å². The molecule has 0 atom stereocenters. The summed E-state index contributed by atoms with van der Waals surface area (Å²) in [6.07, 6.45) is 11.9. The number of carbonyl (C=O) groups excluding carboxylic acids is 2. The first-order valence-electron chi connectivity index (χ1n) is 8.01. The van der Waals surface area contributed by atoms with E-state index in [-0.39, 0.29) is 24.5 Å². The highest BCUT2D eigenvalue weighted by Crippen LogP contribution is 2.16. The van der Waals surface area contributed by atoms with Crippen LogP contribution in [0.3, 0.4) is 0 Å². The SMILES string of the molecule is O=C(CNC(=O)NC1CCCCC1)NCCCn1ccnc1. The lowest BCUT2D eigenvalue weighted by molar-refractivity contribution is -0.120. The molecule has 0 spiro atoms. The summed E-state index contributed by atoms with van der Waals surface area (Å²) in [6.45, 7) is 1.42. The third kappa shape index (κ3) is 6.15. The zero-order chi connectivity index (χ0) is 15.6. The number of carbonyl (C=O) groups is 2. The summed E-state index contributed by atoms with van der Waals surface area (Å²) in [5.41, 5.74) is 0. The summed E-state index contributed by atoms with van der Waals surface area (Å²) < 4.78 is 1.96. The van der Waals surface area contributed by atoms with Crippen molar-refractivity contribution in [2.24, 2.45) is 0 Å². The molecule has 3 amide bonds. The van der Waals surface area contributed by atoms with Gasteiger partial charge in [-0.25, -0.2) is 9.78 Å². The molecule has 122 valence electrons. The van der Waals surface area contributed by atoms with E-state index in [0.717, 1.165) is 25.8 Å². The maximum Gasteiger partial charge on any atom is 0.315 e. The Morgan fingerprint density at radius 1 is 1.18 bits per heavy atom. The van der Waals surface area contributed by atoms with Gasteiger partial charge in [0.2, 0.25) is 5.91 Å². The number of imidazole rings is 1. The zero-order valence-electron chi connectivity index (χ0n) is 12.9. The number of hydrogen-bond acceptors (Lipinski definition) is 3. The number of amides is 3. The Morgan fingerprint density at radius 2 is 2.00 bits per heavy atom. The monoisotopic (exact) mass is 307 g/mol. The summed E-state index contributed by atoms with van der Waals surface area (Å²) >= 11 is 0. The second kappa shape index (κ2) is 9.07. The fourth-order valence-electron chi connectivity index (χ4n) is 2.61. The van der Waals surface area contributed by atoms with Crippen LogP contribution in [0.25, 0.3) is 0 Å². The van der Waals surface area contributed by atoms with Crippen molar-refractivity contribution in [3.05, 3.63) is 18.7 Å². The Bertz CT molecular complexity index is 455. The normalized spacial score (nSPS) is 15.3. The Labute approximate surface area is 130 Å². The van der Waals surface area contributed by atoms with Gasteiger partial charge in [-0.05, 0) is 19.3 Å². The molecule has 1 aromatic rings. The molecular formula is C15H25N5O2. The predicted molar refractivity (Wildman–Crippen MR) is 83.3 cm³/mol. The number of rotatable bonds is 7. The van der Waals surface area contributed by atoms with Crippen LogP contribution in [-0.4, -0.2) is 40.6 Å². The Hall–Kier alpha value is -2.05. The quantitative estimate of drug-likeness (QED) is 0.657. The van der Waals surface area contributed by atoms with Crippen LogP contribution in [0.1, 0.15) is 38.5 Å². The molecule has 2 rings (SSSR count). The maximum atomic E-state index is 11.7. The van der Waals surface area contributed by atoms with Gasteiger partial charge in [0.25, 0.3) is 0 Å². The van der Waals surface area contributed by atoms with Gasteiger partial charge in [-0.2, -0.15) is 0 Å². The van der Waals surface area contributed by atoms with Crippen molar-refractivity contribution >= 4 is 11.9 Å². The summed E-state index contributed by atoms with van der Waals surface area (Å²) in [5.74, 6) is -0.163. The fourth-order valence-corrected chi connectivity index (χ4v) is 2.61. The van der Waals surface area contributed by atoms with Gasteiger partial charge >= 0.3 is 6.03 Å². The number of nitrogens with zero attached hydrogens (tertiary/aromatic N) is 2. The van der Waals surface area contributed by atoms with Crippen molar-refractivity contribution in [3.63, 3.8) is 0 Å². The first-order valence-corrected chi connectivity index (χ1v) is 8.01. The maximum absolute atomic E-state index is 11.7.